The first kappa shape index (κ1) is 20.9. The zero-order valence-corrected chi connectivity index (χ0v) is 18.9. The molecule has 6 nitrogen and oxygen atoms in total. The Bertz CT molecular complexity index is 1090. The molecule has 5 rings (SSSR count). The predicted molar refractivity (Wildman–Crippen MR) is 132 cm³/mol. The average molecular weight is 431 g/mol. The van der Waals surface area contributed by atoms with E-state index < -0.39 is 0 Å². The number of hydrazine groups is 1. The monoisotopic (exact) mass is 430 g/mol. The van der Waals surface area contributed by atoms with Crippen LogP contribution in [0.4, 0.5) is 11.4 Å². The molecule has 0 bridgehead atoms. The van der Waals surface area contributed by atoms with Crippen molar-refractivity contribution in [3.63, 3.8) is 0 Å². The van der Waals surface area contributed by atoms with Gasteiger partial charge in [0.1, 0.15) is 0 Å². The first-order valence-corrected chi connectivity index (χ1v) is 11.7. The molecule has 0 aliphatic heterocycles. The largest absolute Gasteiger partial charge is 0.397 e. The number of hydrogen-bond donors (Lipinski definition) is 4. The summed E-state index contributed by atoms with van der Waals surface area (Å²) in [6.07, 6.45) is 16.5. The molecule has 1 aromatic carbocycles. The fourth-order valence-electron chi connectivity index (χ4n) is 5.16. The molecule has 2 aromatic rings. The van der Waals surface area contributed by atoms with Crippen LogP contribution in [0.1, 0.15) is 69.2 Å². The van der Waals surface area contributed by atoms with Gasteiger partial charge in [0.2, 0.25) is 0 Å². The summed E-state index contributed by atoms with van der Waals surface area (Å²) >= 11 is 0. The van der Waals surface area contributed by atoms with Gasteiger partial charge in [0, 0.05) is 23.2 Å². The third-order valence-corrected chi connectivity index (χ3v) is 7.48. The molecule has 32 heavy (non-hydrogen) atoms. The number of nitrogens with one attached hydrogen (secondary N) is 2. The normalized spacial score (nSPS) is 23.9. The number of hydrogen-bond acceptors (Lipinski definition) is 5. The highest BCUT2D eigenvalue weighted by Crippen LogP contribution is 2.43. The molecule has 3 aliphatic rings. The van der Waals surface area contributed by atoms with E-state index in [4.69, 9.17) is 11.6 Å². The number of anilines is 2. The molecule has 6 heteroatoms. The van der Waals surface area contributed by atoms with E-state index >= 15 is 0 Å². The highest BCUT2D eigenvalue weighted by Gasteiger charge is 2.39. The van der Waals surface area contributed by atoms with Crippen molar-refractivity contribution in [2.45, 2.75) is 63.5 Å². The maximum absolute atomic E-state index is 6.09. The van der Waals surface area contributed by atoms with E-state index in [0.29, 0.717) is 23.2 Å². The number of rotatable bonds is 7. The number of nitrogens with zero attached hydrogens (tertiary/aromatic N) is 2. The number of allylic oxidation sites excluding steroid dienone is 5. The third-order valence-electron chi connectivity index (χ3n) is 7.48. The molecule has 6 N–H and O–H groups in total. The van der Waals surface area contributed by atoms with Crippen LogP contribution in [0.2, 0.25) is 0 Å². The third kappa shape index (κ3) is 4.07. The molecule has 168 valence electrons. The summed E-state index contributed by atoms with van der Waals surface area (Å²) in [7, 11) is 0. The Kier molecular flexibility index (Phi) is 5.33. The molecule has 0 saturated heterocycles. The maximum atomic E-state index is 6.09. The summed E-state index contributed by atoms with van der Waals surface area (Å²) in [6.45, 7) is 6.67. The van der Waals surface area contributed by atoms with Gasteiger partial charge in [-0.2, -0.15) is 0 Å². The summed E-state index contributed by atoms with van der Waals surface area (Å²) in [4.78, 5) is 4.52. The first-order valence-electron chi connectivity index (χ1n) is 11.7. The second kappa shape index (κ2) is 8.17. The average Bonchev–Trinajstić information content (AvgIpc) is 3.20. The van der Waals surface area contributed by atoms with E-state index in [2.05, 4.69) is 52.0 Å². The summed E-state index contributed by atoms with van der Waals surface area (Å²) in [5, 5.41) is 3.69. The summed E-state index contributed by atoms with van der Waals surface area (Å²) in [6, 6.07) is 6.49. The van der Waals surface area contributed by atoms with Gasteiger partial charge in [-0.05, 0) is 80.7 Å². The van der Waals surface area contributed by atoms with Crippen LogP contribution in [-0.4, -0.2) is 15.1 Å². The zero-order valence-electron chi connectivity index (χ0n) is 18.9. The Morgan fingerprint density at radius 1 is 1.19 bits per heavy atom. The molecule has 1 aromatic heterocycles. The Morgan fingerprint density at radius 3 is 2.66 bits per heavy atom. The lowest BCUT2D eigenvalue weighted by molar-refractivity contribution is 0.472. The highest BCUT2D eigenvalue weighted by atomic mass is 15.2. The number of benzene rings is 1. The van der Waals surface area contributed by atoms with Gasteiger partial charge in [0.05, 0.1) is 29.6 Å². The fourth-order valence-corrected chi connectivity index (χ4v) is 5.16. The molecule has 2 fully saturated rings. The van der Waals surface area contributed by atoms with E-state index in [9.17, 15) is 0 Å². The SMILES string of the molecule is C=C(NC1(C)CC1)C1CCC(n2cncc2C2=CC=C(c3ccc(NN)c(N)c3)CC2)C1. The van der Waals surface area contributed by atoms with Gasteiger partial charge in [0.25, 0.3) is 0 Å². The highest BCUT2D eigenvalue weighted by molar-refractivity contribution is 5.80. The van der Waals surface area contributed by atoms with Gasteiger partial charge in [-0.1, -0.05) is 24.8 Å². The summed E-state index contributed by atoms with van der Waals surface area (Å²) < 4.78 is 2.40. The van der Waals surface area contributed by atoms with Crippen LogP contribution in [0.15, 0.2) is 55.2 Å². The molecule has 1 heterocycles. The number of imidazole rings is 1. The second-order valence-electron chi connectivity index (χ2n) is 9.89. The Morgan fingerprint density at radius 2 is 1.97 bits per heavy atom. The Balaban J connectivity index is 1.30. The van der Waals surface area contributed by atoms with Crippen molar-refractivity contribution >= 4 is 22.5 Å². The van der Waals surface area contributed by atoms with E-state index in [1.54, 1.807) is 0 Å². The molecular formula is C26H34N6. The first-order chi connectivity index (χ1) is 15.5. The van der Waals surface area contributed by atoms with Crippen molar-refractivity contribution in [3.8, 4) is 0 Å². The van der Waals surface area contributed by atoms with Crippen molar-refractivity contribution in [3.05, 3.63) is 66.4 Å². The minimum absolute atomic E-state index is 0.304. The van der Waals surface area contributed by atoms with Crippen LogP contribution in [0, 0.1) is 5.92 Å². The van der Waals surface area contributed by atoms with E-state index in [1.807, 2.05) is 24.7 Å². The van der Waals surface area contributed by atoms with Gasteiger partial charge in [-0.25, -0.2) is 4.98 Å². The van der Waals surface area contributed by atoms with Crippen molar-refractivity contribution in [1.29, 1.82) is 0 Å². The van der Waals surface area contributed by atoms with Crippen LogP contribution in [-0.2, 0) is 0 Å². The molecular weight excluding hydrogens is 396 g/mol. The minimum Gasteiger partial charge on any atom is -0.397 e. The summed E-state index contributed by atoms with van der Waals surface area (Å²) in [5.41, 5.74) is 16.7. The van der Waals surface area contributed by atoms with E-state index in [-0.39, 0.29) is 0 Å². The predicted octanol–water partition coefficient (Wildman–Crippen LogP) is 5.01. The molecule has 0 radical (unpaired) electrons. The fraction of sp³-hybridized carbons (Fsp3) is 0.423. The van der Waals surface area contributed by atoms with E-state index in [0.717, 1.165) is 30.5 Å². The number of nitrogens with two attached hydrogens (primary N) is 2. The van der Waals surface area contributed by atoms with Crippen molar-refractivity contribution in [1.82, 2.24) is 14.9 Å². The lowest BCUT2D eigenvalue weighted by atomic mass is 9.91. The van der Waals surface area contributed by atoms with Gasteiger partial charge in [0.15, 0.2) is 0 Å². The topological polar surface area (TPSA) is 93.9 Å². The molecule has 3 aliphatic carbocycles. The Labute approximate surface area is 190 Å². The van der Waals surface area contributed by atoms with Crippen LogP contribution in [0.5, 0.6) is 0 Å². The van der Waals surface area contributed by atoms with Crippen molar-refractivity contribution in [2.75, 3.05) is 11.2 Å². The number of nitrogen functional groups attached to an aromatic ring is 2. The lowest BCUT2D eigenvalue weighted by Crippen LogP contribution is -2.29. The molecule has 2 saturated carbocycles. The second-order valence-corrected chi connectivity index (χ2v) is 9.89. The zero-order chi connectivity index (χ0) is 22.3. The Hall–Kier alpha value is -2.99. The summed E-state index contributed by atoms with van der Waals surface area (Å²) in [5.74, 6) is 6.05. The van der Waals surface area contributed by atoms with Crippen LogP contribution in [0.25, 0.3) is 11.1 Å². The van der Waals surface area contributed by atoms with Crippen LogP contribution >= 0.6 is 0 Å². The standard InChI is InChI=1S/C26H34N6/c1-17(30-26(2)11-12-26)20-7-9-22(13-20)32-16-29-15-25(32)19-5-3-18(4-6-19)21-8-10-24(31-28)23(27)14-21/h3,5,8,10,14-16,20,22,30-31H,1,4,6-7,9,11-13,27-28H2,2H3. The van der Waals surface area contributed by atoms with Crippen molar-refractivity contribution in [2.24, 2.45) is 11.8 Å². The van der Waals surface area contributed by atoms with Gasteiger partial charge in [-0.3, -0.25) is 5.84 Å². The quantitative estimate of drug-likeness (QED) is 0.281. The lowest BCUT2D eigenvalue weighted by Gasteiger charge is -2.22. The smallest absolute Gasteiger partial charge is 0.0953 e. The molecule has 2 unspecified atom stereocenters. The van der Waals surface area contributed by atoms with E-state index in [1.165, 1.54) is 48.2 Å². The molecule has 0 spiro atoms. The van der Waals surface area contributed by atoms with Gasteiger partial charge < -0.3 is 21.0 Å². The van der Waals surface area contributed by atoms with Gasteiger partial charge >= 0.3 is 0 Å². The molecule has 2 atom stereocenters. The van der Waals surface area contributed by atoms with Crippen LogP contribution in [0.3, 0.4) is 0 Å². The van der Waals surface area contributed by atoms with Gasteiger partial charge in [-0.15, -0.1) is 0 Å². The maximum Gasteiger partial charge on any atom is 0.0953 e. The minimum atomic E-state index is 0.304. The van der Waals surface area contributed by atoms with Crippen LogP contribution < -0.4 is 22.3 Å². The number of aromatic nitrogens is 2. The molecule has 0 amide bonds. The van der Waals surface area contributed by atoms with Crippen molar-refractivity contribution < 1.29 is 0 Å².